The predicted octanol–water partition coefficient (Wildman–Crippen LogP) is 6.01. The molecular weight excluding hydrogens is 785 g/mol. The fourth-order valence-electron chi connectivity index (χ4n) is 15.1. The number of hydrogen-bond donors (Lipinski definition) is 2. The number of aliphatic hydroxyl groups is 1. The summed E-state index contributed by atoms with van der Waals surface area (Å²) in [6.07, 6.45) is 7.43. The predicted molar refractivity (Wildman–Crippen MR) is 237 cm³/mol. The number of esters is 3. The molecule has 1 aromatic heterocycles. The number of H-pyrrole nitrogens is 1. The topological polar surface area (TPSA) is 134 Å². The fourth-order valence-corrected chi connectivity index (χ4v) is 15.1. The number of para-hydroxylation sites is 1. The maximum Gasteiger partial charge on any atom is 0.341 e. The summed E-state index contributed by atoms with van der Waals surface area (Å²) in [6, 6.07) is 11.3. The van der Waals surface area contributed by atoms with Crippen molar-refractivity contribution < 1.29 is 38.4 Å². The third kappa shape index (κ3) is 5.44. The highest BCUT2D eigenvalue weighted by Gasteiger charge is 2.81. The molecule has 6 aliphatic rings. The molecule has 9 unspecified atom stereocenters. The number of benzene rings is 2. The Kier molecular flexibility index (Phi) is 10.3. The number of aromatic amines is 1. The Bertz CT molecular complexity index is 2330. The lowest BCUT2D eigenvalue weighted by Gasteiger charge is -2.63. The summed E-state index contributed by atoms with van der Waals surface area (Å²) in [5.41, 5.74) is -0.361. The van der Waals surface area contributed by atoms with E-state index in [4.69, 9.17) is 18.9 Å². The van der Waals surface area contributed by atoms with Gasteiger partial charge in [0.05, 0.1) is 34.5 Å². The van der Waals surface area contributed by atoms with Gasteiger partial charge in [0.1, 0.15) is 17.1 Å². The minimum atomic E-state index is -2.32. The normalized spacial score (nSPS) is 36.0. The lowest BCUT2D eigenvalue weighted by molar-refractivity contribution is -0.209. The van der Waals surface area contributed by atoms with E-state index in [1.54, 1.807) is 7.11 Å². The van der Waals surface area contributed by atoms with E-state index in [9.17, 15) is 14.7 Å². The Balaban J connectivity index is 1.38. The van der Waals surface area contributed by atoms with Crippen LogP contribution >= 0.6 is 0 Å². The average Bonchev–Trinajstić information content (AvgIpc) is 3.93. The third-order valence-electron chi connectivity index (χ3n) is 17.0. The van der Waals surface area contributed by atoms with Gasteiger partial charge in [0, 0.05) is 84.0 Å². The second kappa shape index (κ2) is 14.8. The van der Waals surface area contributed by atoms with Crippen molar-refractivity contribution in [2.75, 3.05) is 73.1 Å². The largest absolute Gasteiger partial charge is 0.496 e. The molecule has 6 heterocycles. The van der Waals surface area contributed by atoms with Gasteiger partial charge in [0.2, 0.25) is 0 Å². The second-order valence-corrected chi connectivity index (χ2v) is 20.4. The smallest absolute Gasteiger partial charge is 0.341 e. The Hall–Kier alpha value is -4.39. The van der Waals surface area contributed by atoms with Crippen LogP contribution in [0.1, 0.15) is 82.7 Å². The molecule has 12 nitrogen and oxygen atoms in total. The van der Waals surface area contributed by atoms with Crippen LogP contribution in [-0.2, 0) is 45.8 Å². The summed E-state index contributed by atoms with van der Waals surface area (Å²) < 4.78 is 23.6. The molecule has 1 saturated carbocycles. The number of nitrogens with zero attached hydrogens (tertiary/aromatic N) is 3. The molecule has 0 radical (unpaired) electrons. The van der Waals surface area contributed by atoms with Crippen LogP contribution in [0.3, 0.4) is 0 Å². The number of nitrogens with one attached hydrogen (secondary N) is 1. The SMILES string of the molecule is CCC1CN2CCc3c([nH]c4ccccc34)[C@@](C(=O)OC)(c3cc4c(cc3OC)N(C)C3C(O)(C(=O)OC)C(C(=O)OC)C5(CC)C=CCN6CCC43C65)CC(C2)[C@@H]1C(C)(C)C. The van der Waals surface area contributed by atoms with Crippen molar-refractivity contribution in [1.29, 1.82) is 0 Å². The van der Waals surface area contributed by atoms with E-state index in [0.29, 0.717) is 55.5 Å². The summed E-state index contributed by atoms with van der Waals surface area (Å²) in [6.45, 7) is 15.4. The lowest BCUT2D eigenvalue weighted by atomic mass is 9.44. The highest BCUT2D eigenvalue weighted by molar-refractivity contribution is 5.96. The number of fused-ring (bicyclic) bond motifs is 6. The molecule has 1 spiro atoms. The van der Waals surface area contributed by atoms with Crippen LogP contribution in [0.5, 0.6) is 5.75 Å². The quantitative estimate of drug-likeness (QED) is 0.165. The van der Waals surface area contributed by atoms with Gasteiger partial charge in [-0.2, -0.15) is 0 Å². The van der Waals surface area contributed by atoms with Crippen LogP contribution in [0.2, 0.25) is 0 Å². The van der Waals surface area contributed by atoms with Crippen molar-refractivity contribution in [3.05, 3.63) is 70.9 Å². The first-order valence-electron chi connectivity index (χ1n) is 22.8. The lowest BCUT2D eigenvalue weighted by Crippen LogP contribution is -2.80. The van der Waals surface area contributed by atoms with Crippen LogP contribution in [0.15, 0.2) is 48.6 Å². The number of methoxy groups -OCH3 is 4. The standard InChI is InChI=1S/C50H66N4O8/c1-11-29-27-53-22-18-32-31-16-13-14-17-35(31)51-40(32)49(44(56)61-9,26-30(28-53)38(29)46(3,4)5)34-24-33-36(25-37(34)59-7)52(6)43-48(33)20-23-54-21-15-19-47(12-2,42(48)54)39(41(55)60-8)50(43,58)45(57)62-10/h13-17,19,24-25,29-30,38-39,42-43,51,58H,11-12,18,20-23,26-28H2,1-10H3/t29?,30?,38-,39?,42?,43?,47?,48?,49+,50?/m1/s1. The summed E-state index contributed by atoms with van der Waals surface area (Å²) in [4.78, 5) is 55.4. The van der Waals surface area contributed by atoms with Crippen LogP contribution < -0.4 is 9.64 Å². The van der Waals surface area contributed by atoms with E-state index in [1.807, 2.05) is 31.0 Å². The number of likely N-dealkylation sites (N-methyl/N-ethyl adjacent to an activating group) is 1. The number of carbonyl (C=O) groups excluding carboxylic acids is 3. The Morgan fingerprint density at radius 1 is 0.935 bits per heavy atom. The highest BCUT2D eigenvalue weighted by atomic mass is 16.5. The summed E-state index contributed by atoms with van der Waals surface area (Å²) in [5.74, 6) is -1.81. The molecular formula is C50H66N4O8. The number of piperidine rings is 1. The minimum absolute atomic E-state index is 0.0462. The van der Waals surface area contributed by atoms with Gasteiger partial charge < -0.3 is 38.8 Å². The van der Waals surface area contributed by atoms with Crippen molar-refractivity contribution >= 4 is 34.5 Å². The number of carbonyl (C=O) groups is 3. The zero-order valence-corrected chi connectivity index (χ0v) is 38.3. The van der Waals surface area contributed by atoms with Crippen LogP contribution in [0.4, 0.5) is 5.69 Å². The zero-order valence-electron chi connectivity index (χ0n) is 38.3. The molecule has 334 valence electrons. The van der Waals surface area contributed by atoms with Crippen LogP contribution in [0.25, 0.3) is 10.9 Å². The van der Waals surface area contributed by atoms with Gasteiger partial charge >= 0.3 is 17.9 Å². The first-order chi connectivity index (χ1) is 29.6. The van der Waals surface area contributed by atoms with Crippen molar-refractivity contribution in [2.45, 2.75) is 95.2 Å². The van der Waals surface area contributed by atoms with E-state index in [1.165, 1.54) is 21.3 Å². The second-order valence-electron chi connectivity index (χ2n) is 20.4. The van der Waals surface area contributed by atoms with Gasteiger partial charge in [-0.15, -0.1) is 0 Å². The first-order valence-corrected chi connectivity index (χ1v) is 22.8. The monoisotopic (exact) mass is 850 g/mol. The highest BCUT2D eigenvalue weighted by Crippen LogP contribution is 2.69. The van der Waals surface area contributed by atoms with E-state index >= 15 is 4.79 Å². The molecule has 2 bridgehead atoms. The average molecular weight is 851 g/mol. The van der Waals surface area contributed by atoms with E-state index in [2.05, 4.69) is 78.9 Å². The van der Waals surface area contributed by atoms with Gasteiger partial charge in [0.25, 0.3) is 0 Å². The molecule has 12 heteroatoms. The van der Waals surface area contributed by atoms with Crippen molar-refractivity contribution in [1.82, 2.24) is 14.8 Å². The third-order valence-corrected chi connectivity index (χ3v) is 17.0. The van der Waals surface area contributed by atoms with Gasteiger partial charge in [-0.3, -0.25) is 14.5 Å². The summed E-state index contributed by atoms with van der Waals surface area (Å²) in [5, 5.41) is 14.5. The van der Waals surface area contributed by atoms with E-state index in [0.717, 1.165) is 65.9 Å². The maximum absolute atomic E-state index is 15.7. The maximum atomic E-state index is 15.7. The van der Waals surface area contributed by atoms with E-state index in [-0.39, 0.29) is 23.3 Å². The molecule has 9 rings (SSSR count). The molecule has 3 aromatic rings. The Morgan fingerprint density at radius 2 is 1.68 bits per heavy atom. The number of ether oxygens (including phenoxy) is 4. The molecule has 0 amide bonds. The van der Waals surface area contributed by atoms with Gasteiger partial charge in [0.15, 0.2) is 5.60 Å². The number of anilines is 1. The number of hydrogen-bond acceptors (Lipinski definition) is 11. The Morgan fingerprint density at radius 3 is 2.34 bits per heavy atom. The molecule has 3 fully saturated rings. The minimum Gasteiger partial charge on any atom is -0.496 e. The number of aromatic nitrogens is 1. The molecule has 1 aliphatic carbocycles. The van der Waals surface area contributed by atoms with Crippen LogP contribution in [-0.4, -0.2) is 124 Å². The van der Waals surface area contributed by atoms with Gasteiger partial charge in [-0.25, -0.2) is 4.79 Å². The zero-order chi connectivity index (χ0) is 44.3. The molecule has 11 atom stereocenters. The molecule has 2 N–H and O–H groups in total. The summed E-state index contributed by atoms with van der Waals surface area (Å²) in [7, 11) is 7.61. The van der Waals surface area contributed by atoms with E-state index < -0.39 is 45.7 Å². The summed E-state index contributed by atoms with van der Waals surface area (Å²) >= 11 is 0. The van der Waals surface area contributed by atoms with Crippen molar-refractivity contribution in [3.8, 4) is 5.75 Å². The molecule has 62 heavy (non-hydrogen) atoms. The molecule has 5 aliphatic heterocycles. The van der Waals surface area contributed by atoms with Gasteiger partial charge in [-0.05, 0) is 78.7 Å². The van der Waals surface area contributed by atoms with Gasteiger partial charge in [-0.1, -0.05) is 71.4 Å². The molecule has 2 saturated heterocycles. The van der Waals surface area contributed by atoms with Crippen molar-refractivity contribution in [2.24, 2.45) is 34.5 Å². The fraction of sp³-hybridized carbons (Fsp3) is 0.620. The molecule has 2 aromatic carbocycles. The van der Waals surface area contributed by atoms with Crippen LogP contribution in [0, 0.1) is 34.5 Å². The Labute approximate surface area is 366 Å². The van der Waals surface area contributed by atoms with Crippen molar-refractivity contribution in [3.63, 3.8) is 0 Å². The first kappa shape index (κ1) is 42.9. The number of rotatable bonds is 7.